The van der Waals surface area contributed by atoms with Gasteiger partial charge in [-0.2, -0.15) is 0 Å². The summed E-state index contributed by atoms with van der Waals surface area (Å²) in [6, 6.07) is 1.90. The maximum Gasteiger partial charge on any atom is 0.222 e. The molecule has 5 heteroatoms. The van der Waals surface area contributed by atoms with Gasteiger partial charge in [0.15, 0.2) is 0 Å². The van der Waals surface area contributed by atoms with E-state index in [1.165, 1.54) is 0 Å². The largest absolute Gasteiger partial charge is 0.380 e. The standard InChI is InChI=1S/C10H14ClN3O/c11-10-12-3-2-9(13-10)8-14-4-1-6-15-7-5-14/h2-3H,1,4-8H2. The van der Waals surface area contributed by atoms with Gasteiger partial charge in [-0.25, -0.2) is 9.97 Å². The Morgan fingerprint density at radius 3 is 3.20 bits per heavy atom. The fraction of sp³-hybridized carbons (Fsp3) is 0.600. The molecule has 4 nitrogen and oxygen atoms in total. The lowest BCUT2D eigenvalue weighted by molar-refractivity contribution is 0.140. The van der Waals surface area contributed by atoms with E-state index in [2.05, 4.69) is 14.9 Å². The Morgan fingerprint density at radius 2 is 2.33 bits per heavy atom. The molecule has 0 aromatic carbocycles. The molecule has 1 aliphatic rings. The van der Waals surface area contributed by atoms with E-state index in [0.717, 1.165) is 45.0 Å². The van der Waals surface area contributed by atoms with Crippen molar-refractivity contribution in [3.63, 3.8) is 0 Å². The average Bonchev–Trinajstić information content (AvgIpc) is 2.46. The van der Waals surface area contributed by atoms with Gasteiger partial charge in [-0.05, 0) is 24.1 Å². The summed E-state index contributed by atoms with van der Waals surface area (Å²) in [6.45, 7) is 4.51. The summed E-state index contributed by atoms with van der Waals surface area (Å²) in [7, 11) is 0. The molecule has 0 unspecified atom stereocenters. The third-order valence-corrected chi connectivity index (χ3v) is 2.57. The van der Waals surface area contributed by atoms with Gasteiger partial charge in [0.2, 0.25) is 5.28 Å². The predicted octanol–water partition coefficient (Wildman–Crippen LogP) is 1.35. The van der Waals surface area contributed by atoms with E-state index in [9.17, 15) is 0 Å². The molecule has 1 fully saturated rings. The first-order chi connectivity index (χ1) is 7.34. The van der Waals surface area contributed by atoms with Crippen LogP contribution in [0.5, 0.6) is 0 Å². The molecule has 82 valence electrons. The van der Waals surface area contributed by atoms with Crippen molar-refractivity contribution in [1.82, 2.24) is 14.9 Å². The van der Waals surface area contributed by atoms with Crippen molar-refractivity contribution < 1.29 is 4.74 Å². The third kappa shape index (κ3) is 3.41. The maximum absolute atomic E-state index is 5.73. The van der Waals surface area contributed by atoms with Crippen LogP contribution in [-0.2, 0) is 11.3 Å². The summed E-state index contributed by atoms with van der Waals surface area (Å²) in [4.78, 5) is 10.4. The SMILES string of the molecule is Clc1nccc(CN2CCCOCC2)n1. The zero-order chi connectivity index (χ0) is 10.5. The molecule has 2 heterocycles. The number of hydrogen-bond donors (Lipinski definition) is 0. The number of halogens is 1. The highest BCUT2D eigenvalue weighted by Crippen LogP contribution is 2.07. The van der Waals surface area contributed by atoms with E-state index in [0.29, 0.717) is 5.28 Å². The number of hydrogen-bond acceptors (Lipinski definition) is 4. The minimum absolute atomic E-state index is 0.318. The van der Waals surface area contributed by atoms with Crippen LogP contribution < -0.4 is 0 Å². The Bertz CT molecular complexity index is 313. The first-order valence-electron chi connectivity index (χ1n) is 5.12. The lowest BCUT2D eigenvalue weighted by atomic mass is 10.3. The molecule has 0 N–H and O–H groups in total. The molecule has 0 aliphatic carbocycles. The summed E-state index contributed by atoms with van der Waals surface area (Å²) >= 11 is 5.73. The van der Waals surface area contributed by atoms with Gasteiger partial charge in [-0.1, -0.05) is 0 Å². The van der Waals surface area contributed by atoms with E-state index < -0.39 is 0 Å². The van der Waals surface area contributed by atoms with Crippen molar-refractivity contribution in [2.75, 3.05) is 26.3 Å². The number of ether oxygens (including phenoxy) is 1. The third-order valence-electron chi connectivity index (χ3n) is 2.38. The quantitative estimate of drug-likeness (QED) is 0.715. The summed E-state index contributed by atoms with van der Waals surface area (Å²) < 4.78 is 5.39. The summed E-state index contributed by atoms with van der Waals surface area (Å²) in [5.41, 5.74) is 0.969. The van der Waals surface area contributed by atoms with Crippen LogP contribution in [0, 0.1) is 0 Å². The van der Waals surface area contributed by atoms with Crippen LogP contribution in [0.3, 0.4) is 0 Å². The molecule has 0 spiro atoms. The van der Waals surface area contributed by atoms with Gasteiger partial charge in [-0.15, -0.1) is 0 Å². The fourth-order valence-corrected chi connectivity index (χ4v) is 1.81. The Labute approximate surface area is 94.2 Å². The second-order valence-corrected chi connectivity index (χ2v) is 3.90. The van der Waals surface area contributed by atoms with Crippen molar-refractivity contribution in [1.29, 1.82) is 0 Å². The number of nitrogens with zero attached hydrogens (tertiary/aromatic N) is 3. The molecule has 2 rings (SSSR count). The lowest BCUT2D eigenvalue weighted by Gasteiger charge is -2.18. The molecule has 15 heavy (non-hydrogen) atoms. The fourth-order valence-electron chi connectivity index (χ4n) is 1.64. The highest BCUT2D eigenvalue weighted by atomic mass is 35.5. The Kier molecular flexibility index (Phi) is 3.88. The van der Waals surface area contributed by atoms with Gasteiger partial charge in [-0.3, -0.25) is 4.90 Å². The van der Waals surface area contributed by atoms with Crippen LogP contribution in [0.25, 0.3) is 0 Å². The average molecular weight is 228 g/mol. The van der Waals surface area contributed by atoms with Crippen LogP contribution in [0.4, 0.5) is 0 Å². The molecular formula is C10H14ClN3O. The minimum Gasteiger partial charge on any atom is -0.380 e. The van der Waals surface area contributed by atoms with Crippen molar-refractivity contribution in [3.05, 3.63) is 23.2 Å². The van der Waals surface area contributed by atoms with Crippen molar-refractivity contribution in [2.24, 2.45) is 0 Å². The Hall–Kier alpha value is -0.710. The molecular weight excluding hydrogens is 214 g/mol. The molecule has 0 saturated carbocycles. The van der Waals surface area contributed by atoms with E-state index in [1.807, 2.05) is 6.07 Å². The summed E-state index contributed by atoms with van der Waals surface area (Å²) in [5.74, 6) is 0. The van der Waals surface area contributed by atoms with Crippen LogP contribution in [0.1, 0.15) is 12.1 Å². The summed E-state index contributed by atoms with van der Waals surface area (Å²) in [6.07, 6.45) is 2.78. The van der Waals surface area contributed by atoms with Crippen molar-refractivity contribution in [3.8, 4) is 0 Å². The molecule has 1 aromatic rings. The van der Waals surface area contributed by atoms with E-state index in [1.54, 1.807) is 6.20 Å². The molecule has 0 amide bonds. The lowest BCUT2D eigenvalue weighted by Crippen LogP contribution is -2.26. The summed E-state index contributed by atoms with van der Waals surface area (Å²) in [5, 5.41) is 0.318. The number of rotatable bonds is 2. The van der Waals surface area contributed by atoms with Gasteiger partial charge < -0.3 is 4.74 Å². The topological polar surface area (TPSA) is 38.2 Å². The van der Waals surface area contributed by atoms with E-state index in [4.69, 9.17) is 16.3 Å². The second-order valence-electron chi connectivity index (χ2n) is 3.56. The van der Waals surface area contributed by atoms with Crippen LogP contribution in [-0.4, -0.2) is 41.2 Å². The van der Waals surface area contributed by atoms with Crippen LogP contribution in [0.2, 0.25) is 5.28 Å². The normalized spacial score (nSPS) is 18.7. The Morgan fingerprint density at radius 1 is 1.40 bits per heavy atom. The molecule has 1 aliphatic heterocycles. The van der Waals surface area contributed by atoms with E-state index in [-0.39, 0.29) is 0 Å². The zero-order valence-electron chi connectivity index (χ0n) is 8.53. The van der Waals surface area contributed by atoms with E-state index >= 15 is 0 Å². The number of aromatic nitrogens is 2. The molecule has 0 radical (unpaired) electrons. The smallest absolute Gasteiger partial charge is 0.222 e. The van der Waals surface area contributed by atoms with Gasteiger partial charge >= 0.3 is 0 Å². The molecule has 1 aromatic heterocycles. The second kappa shape index (κ2) is 5.39. The molecule has 0 atom stereocenters. The van der Waals surface area contributed by atoms with Gasteiger partial charge in [0.05, 0.1) is 12.3 Å². The van der Waals surface area contributed by atoms with Gasteiger partial charge in [0.25, 0.3) is 0 Å². The first kappa shape index (κ1) is 10.8. The molecule has 0 bridgehead atoms. The Balaban J connectivity index is 1.95. The molecule has 1 saturated heterocycles. The maximum atomic E-state index is 5.73. The monoisotopic (exact) mass is 227 g/mol. The van der Waals surface area contributed by atoms with Crippen LogP contribution in [0.15, 0.2) is 12.3 Å². The van der Waals surface area contributed by atoms with Gasteiger partial charge in [0, 0.05) is 32.4 Å². The van der Waals surface area contributed by atoms with Crippen molar-refractivity contribution in [2.45, 2.75) is 13.0 Å². The first-order valence-corrected chi connectivity index (χ1v) is 5.50. The van der Waals surface area contributed by atoms with Crippen molar-refractivity contribution >= 4 is 11.6 Å². The van der Waals surface area contributed by atoms with Crippen LogP contribution >= 0.6 is 11.6 Å². The predicted molar refractivity (Wildman–Crippen MR) is 57.8 cm³/mol. The highest BCUT2D eigenvalue weighted by Gasteiger charge is 2.10. The highest BCUT2D eigenvalue weighted by molar-refractivity contribution is 6.28. The minimum atomic E-state index is 0.318. The van der Waals surface area contributed by atoms with Gasteiger partial charge in [0.1, 0.15) is 0 Å². The zero-order valence-corrected chi connectivity index (χ0v) is 9.28.